The number of aromatic nitrogens is 4. The Morgan fingerprint density at radius 1 is 1.50 bits per heavy atom. The Hall–Kier alpha value is -2.15. The summed E-state index contributed by atoms with van der Waals surface area (Å²) >= 11 is 0. The number of carbonyl (C=O) groups is 1. The standard InChI is InChI=1S/C13H20N6O/c1-13(2,3)9-5-10(18-17-9)16-12(20)11(14)8-6-15-19(4)7-8/h5-7,11H,14H2,1-4H3,(H2,16,17,18,20). The number of anilines is 1. The van der Waals surface area contributed by atoms with Gasteiger partial charge in [-0.1, -0.05) is 20.8 Å². The lowest BCUT2D eigenvalue weighted by atomic mass is 9.92. The molecule has 4 N–H and O–H groups in total. The van der Waals surface area contributed by atoms with Gasteiger partial charge in [0.15, 0.2) is 5.82 Å². The Labute approximate surface area is 117 Å². The minimum Gasteiger partial charge on any atom is -0.316 e. The molecule has 0 fully saturated rings. The molecule has 0 saturated heterocycles. The molecule has 0 aliphatic carbocycles. The predicted molar refractivity (Wildman–Crippen MR) is 76.1 cm³/mol. The van der Waals surface area contributed by atoms with Crippen LogP contribution in [0, 0.1) is 0 Å². The molecule has 0 spiro atoms. The average Bonchev–Trinajstić information content (AvgIpc) is 2.96. The van der Waals surface area contributed by atoms with Crippen LogP contribution in [0.15, 0.2) is 18.5 Å². The zero-order chi connectivity index (χ0) is 14.9. The summed E-state index contributed by atoms with van der Waals surface area (Å²) in [6.07, 6.45) is 3.30. The molecule has 7 heteroatoms. The number of hydrogen-bond acceptors (Lipinski definition) is 4. The van der Waals surface area contributed by atoms with Crippen LogP contribution in [0.4, 0.5) is 5.82 Å². The lowest BCUT2D eigenvalue weighted by Crippen LogP contribution is -2.27. The normalized spacial score (nSPS) is 13.2. The molecule has 0 aromatic carbocycles. The fourth-order valence-electron chi connectivity index (χ4n) is 1.73. The lowest BCUT2D eigenvalue weighted by Gasteiger charge is -2.14. The van der Waals surface area contributed by atoms with Crippen molar-refractivity contribution in [1.29, 1.82) is 0 Å². The van der Waals surface area contributed by atoms with Gasteiger partial charge in [0.25, 0.3) is 0 Å². The summed E-state index contributed by atoms with van der Waals surface area (Å²) in [5, 5.41) is 13.7. The molecule has 0 radical (unpaired) electrons. The molecule has 2 heterocycles. The van der Waals surface area contributed by atoms with Crippen LogP contribution in [-0.2, 0) is 17.3 Å². The zero-order valence-corrected chi connectivity index (χ0v) is 12.1. The first-order valence-corrected chi connectivity index (χ1v) is 6.38. The first kappa shape index (κ1) is 14.3. The van der Waals surface area contributed by atoms with Gasteiger partial charge in [0.2, 0.25) is 5.91 Å². The second-order valence-corrected chi connectivity index (χ2v) is 5.83. The van der Waals surface area contributed by atoms with Crippen LogP contribution in [0.2, 0.25) is 0 Å². The van der Waals surface area contributed by atoms with Gasteiger partial charge in [0.05, 0.1) is 6.20 Å². The van der Waals surface area contributed by atoms with E-state index in [0.29, 0.717) is 11.4 Å². The van der Waals surface area contributed by atoms with Crippen molar-refractivity contribution in [2.75, 3.05) is 5.32 Å². The number of nitrogens with zero attached hydrogens (tertiary/aromatic N) is 3. The molecule has 7 nitrogen and oxygen atoms in total. The van der Waals surface area contributed by atoms with Crippen molar-refractivity contribution in [1.82, 2.24) is 20.0 Å². The predicted octanol–water partition coefficient (Wildman–Crippen LogP) is 1.08. The third kappa shape index (κ3) is 3.05. The highest BCUT2D eigenvalue weighted by atomic mass is 16.2. The fourth-order valence-corrected chi connectivity index (χ4v) is 1.73. The van der Waals surface area contributed by atoms with Crippen molar-refractivity contribution < 1.29 is 4.79 Å². The highest BCUT2D eigenvalue weighted by Gasteiger charge is 2.20. The molecule has 1 unspecified atom stereocenters. The molecule has 108 valence electrons. The van der Waals surface area contributed by atoms with E-state index in [1.54, 1.807) is 24.1 Å². The Morgan fingerprint density at radius 3 is 2.70 bits per heavy atom. The Kier molecular flexibility index (Phi) is 3.63. The summed E-state index contributed by atoms with van der Waals surface area (Å²) in [4.78, 5) is 12.1. The molecule has 0 aliphatic heterocycles. The van der Waals surface area contributed by atoms with Gasteiger partial charge in [-0.3, -0.25) is 14.6 Å². The van der Waals surface area contributed by atoms with E-state index in [1.807, 2.05) is 6.07 Å². The number of amides is 1. The summed E-state index contributed by atoms with van der Waals surface area (Å²) in [7, 11) is 1.78. The van der Waals surface area contributed by atoms with E-state index in [9.17, 15) is 4.79 Å². The number of nitrogens with two attached hydrogens (primary N) is 1. The van der Waals surface area contributed by atoms with Crippen molar-refractivity contribution in [3.63, 3.8) is 0 Å². The number of carbonyl (C=O) groups excluding carboxylic acids is 1. The minimum atomic E-state index is -0.765. The number of nitrogens with one attached hydrogen (secondary N) is 2. The maximum Gasteiger partial charge on any atom is 0.247 e. The van der Waals surface area contributed by atoms with Gasteiger partial charge in [-0.15, -0.1) is 0 Å². The van der Waals surface area contributed by atoms with Crippen molar-refractivity contribution in [2.24, 2.45) is 12.8 Å². The van der Waals surface area contributed by atoms with Gasteiger partial charge in [0.1, 0.15) is 6.04 Å². The number of H-pyrrole nitrogens is 1. The molecular formula is C13H20N6O. The van der Waals surface area contributed by atoms with E-state index >= 15 is 0 Å². The van der Waals surface area contributed by atoms with E-state index in [0.717, 1.165) is 5.69 Å². The van der Waals surface area contributed by atoms with Crippen molar-refractivity contribution in [3.05, 3.63) is 29.7 Å². The summed E-state index contributed by atoms with van der Waals surface area (Å²) in [5.41, 5.74) is 7.45. The Balaban J connectivity index is 2.06. The van der Waals surface area contributed by atoms with Crippen LogP contribution in [0.1, 0.15) is 38.1 Å². The second-order valence-electron chi connectivity index (χ2n) is 5.83. The Bertz CT molecular complexity index is 606. The van der Waals surface area contributed by atoms with E-state index in [2.05, 4.69) is 41.4 Å². The summed E-state index contributed by atoms with van der Waals surface area (Å²) < 4.78 is 1.61. The smallest absolute Gasteiger partial charge is 0.247 e. The number of hydrogen-bond donors (Lipinski definition) is 3. The van der Waals surface area contributed by atoms with Gasteiger partial charge >= 0.3 is 0 Å². The summed E-state index contributed by atoms with van der Waals surface area (Å²) in [6, 6.07) is 1.05. The highest BCUT2D eigenvalue weighted by molar-refractivity contribution is 5.94. The monoisotopic (exact) mass is 276 g/mol. The molecule has 2 aromatic rings. The maximum absolute atomic E-state index is 12.1. The topological polar surface area (TPSA) is 102 Å². The third-order valence-electron chi connectivity index (χ3n) is 3.00. The van der Waals surface area contributed by atoms with Crippen LogP contribution in [0.25, 0.3) is 0 Å². The Morgan fingerprint density at radius 2 is 2.20 bits per heavy atom. The number of aromatic amines is 1. The van der Waals surface area contributed by atoms with Gasteiger partial charge in [-0.05, 0) is 0 Å². The van der Waals surface area contributed by atoms with Crippen LogP contribution < -0.4 is 11.1 Å². The molecule has 2 rings (SSSR count). The largest absolute Gasteiger partial charge is 0.316 e. The maximum atomic E-state index is 12.1. The van der Waals surface area contributed by atoms with E-state index in [4.69, 9.17) is 5.73 Å². The molecular weight excluding hydrogens is 256 g/mol. The molecule has 0 aliphatic rings. The van der Waals surface area contributed by atoms with Gasteiger partial charge in [0, 0.05) is 36.0 Å². The van der Waals surface area contributed by atoms with E-state index < -0.39 is 6.04 Å². The summed E-state index contributed by atoms with van der Waals surface area (Å²) in [5.74, 6) is 0.157. The molecule has 1 atom stereocenters. The van der Waals surface area contributed by atoms with Crippen molar-refractivity contribution >= 4 is 11.7 Å². The fraction of sp³-hybridized carbons (Fsp3) is 0.462. The first-order valence-electron chi connectivity index (χ1n) is 6.38. The number of rotatable bonds is 3. The van der Waals surface area contributed by atoms with Crippen molar-refractivity contribution in [3.8, 4) is 0 Å². The van der Waals surface area contributed by atoms with E-state index in [1.165, 1.54) is 0 Å². The van der Waals surface area contributed by atoms with Crippen LogP contribution >= 0.6 is 0 Å². The lowest BCUT2D eigenvalue weighted by molar-refractivity contribution is -0.117. The highest BCUT2D eigenvalue weighted by Crippen LogP contribution is 2.22. The average molecular weight is 276 g/mol. The SMILES string of the molecule is Cn1cc(C(N)C(=O)Nc2cc(C(C)(C)C)[nH]n2)cn1. The molecule has 1 amide bonds. The number of aryl methyl sites for hydroxylation is 1. The molecule has 0 bridgehead atoms. The molecule has 20 heavy (non-hydrogen) atoms. The van der Waals surface area contributed by atoms with Crippen LogP contribution in [0.3, 0.4) is 0 Å². The molecule has 2 aromatic heterocycles. The zero-order valence-electron chi connectivity index (χ0n) is 12.1. The van der Waals surface area contributed by atoms with Gasteiger partial charge in [-0.25, -0.2) is 0 Å². The minimum absolute atomic E-state index is 0.0541. The van der Waals surface area contributed by atoms with E-state index in [-0.39, 0.29) is 11.3 Å². The quantitative estimate of drug-likeness (QED) is 0.780. The first-order chi connectivity index (χ1) is 9.27. The molecule has 0 saturated carbocycles. The second kappa shape index (κ2) is 5.09. The van der Waals surface area contributed by atoms with Gasteiger partial charge in [-0.2, -0.15) is 10.2 Å². The third-order valence-corrected chi connectivity index (χ3v) is 3.00. The van der Waals surface area contributed by atoms with Crippen molar-refractivity contribution in [2.45, 2.75) is 32.2 Å². The van der Waals surface area contributed by atoms with Gasteiger partial charge < -0.3 is 11.1 Å². The van der Waals surface area contributed by atoms with Crippen LogP contribution in [-0.4, -0.2) is 25.9 Å². The summed E-state index contributed by atoms with van der Waals surface area (Å²) in [6.45, 7) is 6.19. The van der Waals surface area contributed by atoms with Crippen LogP contribution in [0.5, 0.6) is 0 Å².